The lowest BCUT2D eigenvalue weighted by Crippen LogP contribution is -2.00. The Balaban J connectivity index is 1.75. The van der Waals surface area contributed by atoms with Crippen LogP contribution in [0.25, 0.3) is 5.76 Å². The first-order valence-electron chi connectivity index (χ1n) is 7.85. The minimum Gasteiger partial charge on any atom is -0.485 e. The first kappa shape index (κ1) is 15.3. The van der Waals surface area contributed by atoms with Crippen molar-refractivity contribution in [3.63, 3.8) is 0 Å². The fraction of sp³-hybridized carbons (Fsp3) is 0.250. The van der Waals surface area contributed by atoms with Crippen molar-refractivity contribution in [2.45, 2.75) is 32.3 Å². The molecule has 118 valence electrons. The molecule has 3 nitrogen and oxygen atoms in total. The van der Waals surface area contributed by atoms with Gasteiger partial charge in [0, 0.05) is 12.0 Å². The van der Waals surface area contributed by atoms with Crippen LogP contribution in [0.15, 0.2) is 54.6 Å². The molecule has 0 aromatic heterocycles. The highest BCUT2D eigenvalue weighted by Crippen LogP contribution is 2.36. The van der Waals surface area contributed by atoms with Gasteiger partial charge in [0.05, 0.1) is 5.56 Å². The highest BCUT2D eigenvalue weighted by atomic mass is 16.5. The van der Waals surface area contributed by atoms with Gasteiger partial charge in [-0.1, -0.05) is 50.2 Å². The second-order valence-corrected chi connectivity index (χ2v) is 6.12. The summed E-state index contributed by atoms with van der Waals surface area (Å²) < 4.78 is 6.04. The van der Waals surface area contributed by atoms with Crippen LogP contribution in [0.4, 0.5) is 0 Å². The second-order valence-electron chi connectivity index (χ2n) is 6.12. The van der Waals surface area contributed by atoms with Crippen molar-refractivity contribution in [2.75, 3.05) is 0 Å². The molecule has 1 aliphatic heterocycles. The van der Waals surface area contributed by atoms with Crippen LogP contribution in [0.1, 0.15) is 59.3 Å². The van der Waals surface area contributed by atoms with Crippen LogP contribution >= 0.6 is 0 Å². The Labute approximate surface area is 136 Å². The van der Waals surface area contributed by atoms with Gasteiger partial charge in [0.15, 0.2) is 0 Å². The third-order valence-corrected chi connectivity index (χ3v) is 4.16. The van der Waals surface area contributed by atoms with E-state index in [0.717, 1.165) is 23.3 Å². The van der Waals surface area contributed by atoms with Crippen LogP contribution in [0.5, 0.6) is 0 Å². The molecule has 2 aromatic rings. The van der Waals surface area contributed by atoms with Crippen LogP contribution in [-0.2, 0) is 4.74 Å². The monoisotopic (exact) mass is 308 g/mol. The molecular weight excluding hydrogens is 288 g/mol. The fourth-order valence-corrected chi connectivity index (χ4v) is 2.75. The molecule has 23 heavy (non-hydrogen) atoms. The molecule has 2 aromatic carbocycles. The minimum atomic E-state index is -0.925. The standard InChI is InChI=1S/C20H20O3/c1-13(2)14-6-8-15(9-7-14)18-10-11-19(23-18)16-4-3-5-17(12-16)20(21)22/h3-9,11-13,18H,10H2,1-2H3,(H,21,22). The second kappa shape index (κ2) is 6.29. The van der Waals surface area contributed by atoms with Crippen LogP contribution in [0.2, 0.25) is 0 Å². The van der Waals surface area contributed by atoms with E-state index in [9.17, 15) is 4.79 Å². The number of hydrogen-bond donors (Lipinski definition) is 1. The summed E-state index contributed by atoms with van der Waals surface area (Å²) in [5.41, 5.74) is 3.55. The van der Waals surface area contributed by atoms with E-state index in [-0.39, 0.29) is 11.7 Å². The lowest BCUT2D eigenvalue weighted by atomic mass is 9.99. The molecule has 0 amide bonds. The molecule has 1 N–H and O–H groups in total. The Hall–Kier alpha value is -2.55. The summed E-state index contributed by atoms with van der Waals surface area (Å²) in [6, 6.07) is 15.4. The van der Waals surface area contributed by atoms with Gasteiger partial charge in [0.1, 0.15) is 11.9 Å². The SMILES string of the molecule is CC(C)c1ccc(C2CC=C(c3cccc(C(=O)O)c3)O2)cc1. The third kappa shape index (κ3) is 3.29. The summed E-state index contributed by atoms with van der Waals surface area (Å²) in [5, 5.41) is 9.09. The fourth-order valence-electron chi connectivity index (χ4n) is 2.75. The zero-order valence-corrected chi connectivity index (χ0v) is 13.3. The van der Waals surface area contributed by atoms with Crippen molar-refractivity contribution < 1.29 is 14.6 Å². The molecule has 1 heterocycles. The molecule has 0 spiro atoms. The highest BCUT2D eigenvalue weighted by molar-refractivity contribution is 5.88. The summed E-state index contributed by atoms with van der Waals surface area (Å²) >= 11 is 0. The van der Waals surface area contributed by atoms with Crippen LogP contribution < -0.4 is 0 Å². The summed E-state index contributed by atoms with van der Waals surface area (Å²) in [6.45, 7) is 4.35. The molecule has 1 aliphatic rings. The van der Waals surface area contributed by atoms with Gasteiger partial charge in [-0.3, -0.25) is 0 Å². The molecule has 1 atom stereocenters. The van der Waals surface area contributed by atoms with E-state index >= 15 is 0 Å². The largest absolute Gasteiger partial charge is 0.485 e. The van der Waals surface area contributed by atoms with E-state index in [0.29, 0.717) is 5.92 Å². The van der Waals surface area contributed by atoms with E-state index in [4.69, 9.17) is 9.84 Å². The first-order valence-corrected chi connectivity index (χ1v) is 7.85. The molecular formula is C20H20O3. The number of rotatable bonds is 4. The number of benzene rings is 2. The van der Waals surface area contributed by atoms with E-state index in [1.807, 2.05) is 12.1 Å². The van der Waals surface area contributed by atoms with Crippen LogP contribution in [0, 0.1) is 0 Å². The van der Waals surface area contributed by atoms with Gasteiger partial charge in [-0.25, -0.2) is 4.79 Å². The van der Waals surface area contributed by atoms with Crippen molar-refractivity contribution in [1.29, 1.82) is 0 Å². The van der Waals surface area contributed by atoms with Gasteiger partial charge in [-0.15, -0.1) is 0 Å². The maximum atomic E-state index is 11.1. The first-order chi connectivity index (χ1) is 11.0. The number of carboxylic acid groups (broad SMARTS) is 1. The van der Waals surface area contributed by atoms with Crippen molar-refractivity contribution in [2.24, 2.45) is 0 Å². The number of ether oxygens (including phenoxy) is 1. The molecule has 1 unspecified atom stereocenters. The molecule has 0 radical (unpaired) electrons. The van der Waals surface area contributed by atoms with Gasteiger partial charge in [-0.05, 0) is 35.3 Å². The Kier molecular flexibility index (Phi) is 4.20. The minimum absolute atomic E-state index is 0.000281. The summed E-state index contributed by atoms with van der Waals surface area (Å²) in [4.78, 5) is 11.1. The van der Waals surface area contributed by atoms with Crippen molar-refractivity contribution >= 4 is 11.7 Å². The summed E-state index contributed by atoms with van der Waals surface area (Å²) in [6.07, 6.45) is 2.83. The van der Waals surface area contributed by atoms with Crippen LogP contribution in [0.3, 0.4) is 0 Å². The smallest absolute Gasteiger partial charge is 0.335 e. The molecule has 3 heteroatoms. The third-order valence-electron chi connectivity index (χ3n) is 4.16. The Morgan fingerprint density at radius 3 is 2.57 bits per heavy atom. The highest BCUT2D eigenvalue weighted by Gasteiger charge is 2.21. The van der Waals surface area contributed by atoms with Gasteiger partial charge < -0.3 is 9.84 Å². The van der Waals surface area contributed by atoms with Gasteiger partial charge >= 0.3 is 5.97 Å². The maximum Gasteiger partial charge on any atom is 0.335 e. The van der Waals surface area contributed by atoms with E-state index in [1.165, 1.54) is 5.56 Å². The average Bonchev–Trinajstić information content (AvgIpc) is 3.05. The van der Waals surface area contributed by atoms with Gasteiger partial charge in [0.25, 0.3) is 0 Å². The number of hydrogen-bond acceptors (Lipinski definition) is 2. The predicted octanol–water partition coefficient (Wildman–Crippen LogP) is 5.01. The normalized spacial score (nSPS) is 17.0. The van der Waals surface area contributed by atoms with E-state index in [2.05, 4.69) is 38.1 Å². The molecule has 0 bridgehead atoms. The maximum absolute atomic E-state index is 11.1. The Bertz CT molecular complexity index is 742. The zero-order valence-electron chi connectivity index (χ0n) is 13.3. The number of carbonyl (C=O) groups is 1. The lowest BCUT2D eigenvalue weighted by Gasteiger charge is -2.15. The van der Waals surface area contributed by atoms with E-state index in [1.54, 1.807) is 18.2 Å². The van der Waals surface area contributed by atoms with Gasteiger partial charge in [0.2, 0.25) is 0 Å². The number of carboxylic acids is 1. The predicted molar refractivity (Wildman–Crippen MR) is 90.4 cm³/mol. The van der Waals surface area contributed by atoms with Gasteiger partial charge in [-0.2, -0.15) is 0 Å². The Morgan fingerprint density at radius 1 is 1.17 bits per heavy atom. The lowest BCUT2D eigenvalue weighted by molar-refractivity contribution is 0.0697. The zero-order chi connectivity index (χ0) is 16.4. The average molecular weight is 308 g/mol. The van der Waals surface area contributed by atoms with Crippen molar-refractivity contribution in [3.05, 3.63) is 76.9 Å². The summed E-state index contributed by atoms with van der Waals surface area (Å²) in [7, 11) is 0. The molecule has 0 saturated heterocycles. The Morgan fingerprint density at radius 2 is 1.91 bits per heavy atom. The van der Waals surface area contributed by atoms with Crippen molar-refractivity contribution in [1.82, 2.24) is 0 Å². The van der Waals surface area contributed by atoms with E-state index < -0.39 is 5.97 Å². The molecule has 3 rings (SSSR count). The van der Waals surface area contributed by atoms with Crippen molar-refractivity contribution in [3.8, 4) is 0 Å². The summed E-state index contributed by atoms with van der Waals surface area (Å²) in [5.74, 6) is 0.346. The van der Waals surface area contributed by atoms with Crippen LogP contribution in [-0.4, -0.2) is 11.1 Å². The molecule has 0 saturated carbocycles. The molecule has 0 aliphatic carbocycles. The quantitative estimate of drug-likeness (QED) is 0.863. The molecule has 0 fully saturated rings. The topological polar surface area (TPSA) is 46.5 Å². The number of aromatic carboxylic acids is 1.